The zero-order chi connectivity index (χ0) is 25.8. The molecule has 9 nitrogen and oxygen atoms in total. The molecule has 2 heterocycles. The van der Waals surface area contributed by atoms with Gasteiger partial charge >= 0.3 is 0 Å². The van der Waals surface area contributed by atoms with Gasteiger partial charge < -0.3 is 26.4 Å². The van der Waals surface area contributed by atoms with E-state index in [0.29, 0.717) is 17.9 Å². The van der Waals surface area contributed by atoms with Gasteiger partial charge in [0, 0.05) is 10.4 Å². The van der Waals surface area contributed by atoms with E-state index in [1.165, 1.54) is 16.2 Å². The third-order valence-corrected chi connectivity index (χ3v) is 6.60. The van der Waals surface area contributed by atoms with Crippen molar-refractivity contribution in [1.29, 1.82) is 0 Å². The van der Waals surface area contributed by atoms with Crippen molar-refractivity contribution < 1.29 is 19.1 Å². The minimum Gasteiger partial charge on any atom is -0.494 e. The van der Waals surface area contributed by atoms with Crippen LogP contribution in [0.25, 0.3) is 0 Å². The first-order valence-electron chi connectivity index (χ1n) is 10.9. The fourth-order valence-electron chi connectivity index (χ4n) is 3.43. The van der Waals surface area contributed by atoms with Crippen molar-refractivity contribution in [2.24, 2.45) is 5.73 Å². The first-order valence-corrected chi connectivity index (χ1v) is 12.6. The lowest BCUT2D eigenvalue weighted by molar-refractivity contribution is -0.127. The molecule has 2 aromatic heterocycles. The molecule has 1 aromatic carbocycles. The number of nitrogens with zero attached hydrogens (tertiary/aromatic N) is 2. The molecule has 0 bridgehead atoms. The number of thiophene rings is 1. The van der Waals surface area contributed by atoms with E-state index < -0.39 is 23.4 Å². The third kappa shape index (κ3) is 6.37. The number of nitrogens with two attached hydrogens (primary N) is 2. The SMILES string of the molecule is CCOc1ccc([C@@H](C(=O)NC(C)(C)C)N(Cc2cccs2)C(=O)c2snc(C(N)=O)c2N)cc1. The Morgan fingerprint density at radius 1 is 1.17 bits per heavy atom. The maximum atomic E-state index is 13.8. The number of primary amides is 1. The Morgan fingerprint density at radius 3 is 2.37 bits per heavy atom. The maximum Gasteiger partial charge on any atom is 0.270 e. The summed E-state index contributed by atoms with van der Waals surface area (Å²) in [4.78, 5) is 41.5. The Morgan fingerprint density at radius 2 is 1.86 bits per heavy atom. The maximum absolute atomic E-state index is 13.8. The highest BCUT2D eigenvalue weighted by Gasteiger charge is 2.36. The number of amides is 3. The molecule has 3 aromatic rings. The molecule has 5 N–H and O–H groups in total. The lowest BCUT2D eigenvalue weighted by atomic mass is 10.0. The second-order valence-electron chi connectivity index (χ2n) is 8.79. The minimum atomic E-state index is -0.988. The molecule has 11 heteroatoms. The van der Waals surface area contributed by atoms with Crippen molar-refractivity contribution in [1.82, 2.24) is 14.6 Å². The van der Waals surface area contributed by atoms with E-state index in [9.17, 15) is 14.4 Å². The molecule has 0 aliphatic heterocycles. The Balaban J connectivity index is 2.12. The van der Waals surface area contributed by atoms with Crippen molar-refractivity contribution in [3.63, 3.8) is 0 Å². The number of anilines is 1. The van der Waals surface area contributed by atoms with Crippen LogP contribution in [-0.4, -0.2) is 39.1 Å². The van der Waals surface area contributed by atoms with E-state index in [2.05, 4.69) is 9.69 Å². The number of carbonyl (C=O) groups excluding carboxylic acids is 3. The zero-order valence-electron chi connectivity index (χ0n) is 20.0. The van der Waals surface area contributed by atoms with E-state index >= 15 is 0 Å². The van der Waals surface area contributed by atoms with Crippen LogP contribution >= 0.6 is 22.9 Å². The smallest absolute Gasteiger partial charge is 0.270 e. The summed E-state index contributed by atoms with van der Waals surface area (Å²) in [5, 5.41) is 4.88. The van der Waals surface area contributed by atoms with Gasteiger partial charge in [-0.3, -0.25) is 14.4 Å². The summed E-state index contributed by atoms with van der Waals surface area (Å²) in [5.41, 5.74) is 11.2. The number of hydrogen-bond donors (Lipinski definition) is 3. The molecule has 0 unspecified atom stereocenters. The molecule has 0 saturated heterocycles. The van der Waals surface area contributed by atoms with Gasteiger partial charge in [-0.05, 0) is 68.4 Å². The topological polar surface area (TPSA) is 141 Å². The van der Waals surface area contributed by atoms with Gasteiger partial charge in [-0.25, -0.2) is 0 Å². The van der Waals surface area contributed by atoms with Crippen molar-refractivity contribution in [3.8, 4) is 5.75 Å². The lowest BCUT2D eigenvalue weighted by Gasteiger charge is -2.33. The van der Waals surface area contributed by atoms with Crippen LogP contribution in [0.2, 0.25) is 0 Å². The summed E-state index contributed by atoms with van der Waals surface area (Å²) in [6.45, 7) is 8.14. The number of carbonyl (C=O) groups is 3. The van der Waals surface area contributed by atoms with Gasteiger partial charge in [-0.1, -0.05) is 18.2 Å². The van der Waals surface area contributed by atoms with Gasteiger partial charge in [-0.2, -0.15) is 4.37 Å². The molecule has 0 radical (unpaired) electrons. The molecule has 0 saturated carbocycles. The fourth-order valence-corrected chi connectivity index (χ4v) is 4.90. The molecule has 0 spiro atoms. The van der Waals surface area contributed by atoms with Crippen molar-refractivity contribution >= 4 is 46.3 Å². The molecule has 1 atom stereocenters. The number of benzene rings is 1. The lowest BCUT2D eigenvalue weighted by Crippen LogP contribution is -2.49. The second-order valence-corrected chi connectivity index (χ2v) is 10.6. The van der Waals surface area contributed by atoms with Gasteiger partial charge in [0.25, 0.3) is 11.8 Å². The monoisotopic (exact) mass is 515 g/mol. The number of ether oxygens (including phenoxy) is 1. The Bertz CT molecular complexity index is 1180. The Hall–Kier alpha value is -3.44. The largest absolute Gasteiger partial charge is 0.494 e. The van der Waals surface area contributed by atoms with Crippen molar-refractivity contribution in [2.75, 3.05) is 12.3 Å². The molecule has 0 aliphatic rings. The highest BCUT2D eigenvalue weighted by molar-refractivity contribution is 7.10. The normalized spacial score (nSPS) is 12.1. The summed E-state index contributed by atoms with van der Waals surface area (Å²) in [6.07, 6.45) is 0. The number of nitrogens with one attached hydrogen (secondary N) is 1. The number of nitrogen functional groups attached to an aromatic ring is 1. The van der Waals surface area contributed by atoms with Gasteiger partial charge in [0.2, 0.25) is 5.91 Å². The molecule has 3 amide bonds. The summed E-state index contributed by atoms with van der Waals surface area (Å²) >= 11 is 2.25. The van der Waals surface area contributed by atoms with Crippen LogP contribution in [-0.2, 0) is 11.3 Å². The van der Waals surface area contributed by atoms with Gasteiger partial charge in [0.15, 0.2) is 5.69 Å². The summed E-state index contributed by atoms with van der Waals surface area (Å²) in [7, 11) is 0. The zero-order valence-corrected chi connectivity index (χ0v) is 21.7. The Labute approximate surface area is 212 Å². The summed E-state index contributed by atoms with van der Waals surface area (Å²) in [6, 6.07) is 9.81. The van der Waals surface area contributed by atoms with Crippen LogP contribution in [0.15, 0.2) is 41.8 Å². The predicted octanol–water partition coefficient (Wildman–Crippen LogP) is 3.58. The third-order valence-electron chi connectivity index (χ3n) is 4.89. The van der Waals surface area contributed by atoms with Crippen LogP contribution in [0, 0.1) is 0 Å². The van der Waals surface area contributed by atoms with E-state index in [1.54, 1.807) is 24.3 Å². The molecule has 35 heavy (non-hydrogen) atoms. The van der Waals surface area contributed by atoms with Crippen LogP contribution < -0.4 is 21.5 Å². The summed E-state index contributed by atoms with van der Waals surface area (Å²) < 4.78 is 9.50. The molecule has 186 valence electrons. The van der Waals surface area contributed by atoms with Crippen LogP contribution in [0.3, 0.4) is 0 Å². The van der Waals surface area contributed by atoms with Crippen molar-refractivity contribution in [2.45, 2.75) is 45.8 Å². The average Bonchev–Trinajstić information content (AvgIpc) is 3.42. The highest BCUT2D eigenvalue weighted by atomic mass is 32.1. The first-order chi connectivity index (χ1) is 16.5. The molecule has 0 fully saturated rings. The predicted molar refractivity (Wildman–Crippen MR) is 137 cm³/mol. The molecule has 0 aliphatic carbocycles. The molecular weight excluding hydrogens is 486 g/mol. The standard InChI is InChI=1S/C24H29N5O4S2/c1-5-33-15-10-8-14(9-11-15)19(22(31)27-24(2,3)4)29(13-16-7-6-12-34-16)23(32)20-17(25)18(21(26)30)28-35-20/h6-12,19H,5,13,25H2,1-4H3,(H2,26,30)(H,27,31)/t19-/m0/s1. The van der Waals surface area contributed by atoms with Crippen LogP contribution in [0.5, 0.6) is 5.75 Å². The second kappa shape index (κ2) is 10.9. The van der Waals surface area contributed by atoms with E-state index in [0.717, 1.165) is 16.4 Å². The van der Waals surface area contributed by atoms with Gasteiger partial charge in [-0.15, -0.1) is 11.3 Å². The number of hydrogen-bond acceptors (Lipinski definition) is 8. The molecular formula is C24H29N5O4S2. The summed E-state index contributed by atoms with van der Waals surface area (Å²) in [5.74, 6) is -1.05. The van der Waals surface area contributed by atoms with Crippen LogP contribution in [0.1, 0.15) is 64.3 Å². The Kier molecular flexibility index (Phi) is 8.13. The number of aromatic nitrogens is 1. The fraction of sp³-hybridized carbons (Fsp3) is 0.333. The van der Waals surface area contributed by atoms with Crippen molar-refractivity contribution in [3.05, 3.63) is 62.8 Å². The van der Waals surface area contributed by atoms with E-state index in [4.69, 9.17) is 16.2 Å². The van der Waals surface area contributed by atoms with Gasteiger partial charge in [0.1, 0.15) is 16.7 Å². The molecule has 3 rings (SSSR count). The number of rotatable bonds is 9. The highest BCUT2D eigenvalue weighted by Crippen LogP contribution is 2.32. The van der Waals surface area contributed by atoms with E-state index in [-0.39, 0.29) is 28.7 Å². The average molecular weight is 516 g/mol. The first kappa shape index (κ1) is 26.2. The van der Waals surface area contributed by atoms with E-state index in [1.807, 2.05) is 45.2 Å². The van der Waals surface area contributed by atoms with Crippen LogP contribution in [0.4, 0.5) is 5.69 Å². The van der Waals surface area contributed by atoms with Gasteiger partial charge in [0.05, 0.1) is 18.8 Å². The quantitative estimate of drug-likeness (QED) is 0.398. The minimum absolute atomic E-state index is 0.0508.